The molecule has 4 rings (SSSR count). The van der Waals surface area contributed by atoms with Crippen LogP contribution in [0.3, 0.4) is 0 Å². The average Bonchev–Trinajstić information content (AvgIpc) is 3.42. The predicted octanol–water partition coefficient (Wildman–Crippen LogP) is 2.25. The van der Waals surface area contributed by atoms with Crippen molar-refractivity contribution < 1.29 is 23.8 Å². The number of hydrogen-bond acceptors (Lipinski definition) is 4. The highest BCUT2D eigenvalue weighted by molar-refractivity contribution is 5.89. The topological polar surface area (TPSA) is 84.7 Å². The number of amides is 1. The maximum atomic E-state index is 14.3. The first-order valence-electron chi connectivity index (χ1n) is 9.32. The van der Waals surface area contributed by atoms with E-state index in [0.717, 1.165) is 11.3 Å². The number of nitrogens with zero attached hydrogens (tertiary/aromatic N) is 3. The van der Waals surface area contributed by atoms with Crippen molar-refractivity contribution in [2.24, 2.45) is 11.8 Å². The minimum atomic E-state index is -0.928. The minimum absolute atomic E-state index is 0.154. The zero-order valence-electron chi connectivity index (χ0n) is 15.8. The van der Waals surface area contributed by atoms with Crippen LogP contribution in [-0.4, -0.2) is 51.4 Å². The summed E-state index contributed by atoms with van der Waals surface area (Å²) in [5, 5.41) is 13.7. The Morgan fingerprint density at radius 2 is 2.00 bits per heavy atom. The van der Waals surface area contributed by atoms with E-state index in [-0.39, 0.29) is 17.8 Å². The van der Waals surface area contributed by atoms with E-state index in [0.29, 0.717) is 37.6 Å². The van der Waals surface area contributed by atoms with Gasteiger partial charge in [0.1, 0.15) is 11.5 Å². The molecule has 7 nitrogen and oxygen atoms in total. The lowest BCUT2D eigenvalue weighted by molar-refractivity contribution is -0.146. The maximum absolute atomic E-state index is 14.3. The molecule has 1 aromatic heterocycles. The Hall–Kier alpha value is -2.74. The standard InChI is InChI=1S/C20H22FN3O4/c1-11-18(12(2)24(22-11)16-6-4-3-5-15(16)21)17-10-28-8-7-23(17)19(25)13-9-14(13)20(26)27/h3-6,13-14,17H,7-10H2,1-2H3,(H,26,27). The fourth-order valence-corrected chi connectivity index (χ4v) is 4.06. The number of benzene rings is 1. The molecule has 0 bridgehead atoms. The largest absolute Gasteiger partial charge is 0.481 e. The molecule has 1 saturated heterocycles. The predicted molar refractivity (Wildman–Crippen MR) is 97.5 cm³/mol. The van der Waals surface area contributed by atoms with Gasteiger partial charge in [-0.25, -0.2) is 9.07 Å². The molecule has 1 N–H and O–H groups in total. The number of morpholine rings is 1. The van der Waals surface area contributed by atoms with E-state index in [1.54, 1.807) is 27.8 Å². The molecule has 8 heteroatoms. The van der Waals surface area contributed by atoms with Crippen LogP contribution in [-0.2, 0) is 14.3 Å². The molecule has 1 aliphatic heterocycles. The van der Waals surface area contributed by atoms with E-state index in [1.165, 1.54) is 6.07 Å². The lowest BCUT2D eigenvalue weighted by atomic mass is 10.0. The van der Waals surface area contributed by atoms with Gasteiger partial charge in [-0.2, -0.15) is 5.10 Å². The third-order valence-corrected chi connectivity index (χ3v) is 5.60. The van der Waals surface area contributed by atoms with Crippen LogP contribution in [0.15, 0.2) is 24.3 Å². The molecule has 148 valence electrons. The smallest absolute Gasteiger partial charge is 0.307 e. The summed E-state index contributed by atoms with van der Waals surface area (Å²) in [6, 6.07) is 6.03. The number of aliphatic carboxylic acids is 1. The highest BCUT2D eigenvalue weighted by Crippen LogP contribution is 2.42. The van der Waals surface area contributed by atoms with Gasteiger partial charge < -0.3 is 14.7 Å². The molecule has 1 aromatic carbocycles. The van der Waals surface area contributed by atoms with Crippen molar-refractivity contribution in [3.8, 4) is 5.69 Å². The molecule has 0 spiro atoms. The summed E-state index contributed by atoms with van der Waals surface area (Å²) < 4.78 is 21.4. The van der Waals surface area contributed by atoms with Crippen LogP contribution >= 0.6 is 0 Å². The third-order valence-electron chi connectivity index (χ3n) is 5.60. The van der Waals surface area contributed by atoms with Crippen LogP contribution in [0.4, 0.5) is 4.39 Å². The van der Waals surface area contributed by atoms with Crippen LogP contribution in [0.25, 0.3) is 5.69 Å². The number of hydrogen-bond donors (Lipinski definition) is 1. The highest BCUT2D eigenvalue weighted by atomic mass is 19.1. The molecule has 2 aromatic rings. The first kappa shape index (κ1) is 18.6. The third kappa shape index (κ3) is 3.07. The quantitative estimate of drug-likeness (QED) is 0.870. The van der Waals surface area contributed by atoms with Gasteiger partial charge in [0.15, 0.2) is 0 Å². The average molecular weight is 387 g/mol. The van der Waals surface area contributed by atoms with Gasteiger partial charge in [0.05, 0.1) is 36.8 Å². The summed E-state index contributed by atoms with van der Waals surface area (Å²) in [6.45, 7) is 4.79. The number of carbonyl (C=O) groups is 2. The Morgan fingerprint density at radius 1 is 1.25 bits per heavy atom. The number of carboxylic acid groups (broad SMARTS) is 1. The molecule has 2 aliphatic rings. The van der Waals surface area contributed by atoms with Gasteiger partial charge in [-0.3, -0.25) is 9.59 Å². The SMILES string of the molecule is Cc1nn(-c2ccccc2F)c(C)c1C1COCCN1C(=O)C1CC1C(=O)O. The fraction of sp³-hybridized carbons (Fsp3) is 0.450. The maximum Gasteiger partial charge on any atom is 0.307 e. The lowest BCUT2D eigenvalue weighted by Gasteiger charge is -2.36. The summed E-state index contributed by atoms with van der Waals surface area (Å²) in [5.74, 6) is -2.53. The number of carbonyl (C=O) groups excluding carboxylic acids is 1. The molecular formula is C20H22FN3O4. The Bertz CT molecular complexity index is 942. The number of ether oxygens (including phenoxy) is 1. The molecule has 1 amide bonds. The van der Waals surface area contributed by atoms with Crippen molar-refractivity contribution in [1.82, 2.24) is 14.7 Å². The van der Waals surface area contributed by atoms with Crippen LogP contribution < -0.4 is 0 Å². The summed E-state index contributed by atoms with van der Waals surface area (Å²) in [5.41, 5.74) is 2.60. The monoisotopic (exact) mass is 387 g/mol. The van der Waals surface area contributed by atoms with E-state index in [4.69, 9.17) is 9.84 Å². The molecule has 1 aliphatic carbocycles. The molecule has 3 atom stereocenters. The highest BCUT2D eigenvalue weighted by Gasteiger charge is 2.51. The molecule has 2 fully saturated rings. The number of aromatic nitrogens is 2. The van der Waals surface area contributed by atoms with Crippen molar-refractivity contribution in [2.45, 2.75) is 26.3 Å². The van der Waals surface area contributed by atoms with Gasteiger partial charge in [-0.15, -0.1) is 0 Å². The fourth-order valence-electron chi connectivity index (χ4n) is 4.06. The van der Waals surface area contributed by atoms with Gasteiger partial charge in [0.2, 0.25) is 5.91 Å². The molecule has 0 radical (unpaired) electrons. The molecule has 3 unspecified atom stereocenters. The normalized spacial score (nSPS) is 24.2. The second kappa shape index (κ2) is 7.01. The summed E-state index contributed by atoms with van der Waals surface area (Å²) >= 11 is 0. The Kier molecular flexibility index (Phi) is 4.66. The Balaban J connectivity index is 1.68. The van der Waals surface area contributed by atoms with Crippen LogP contribution in [0.1, 0.15) is 29.4 Å². The van der Waals surface area contributed by atoms with Crippen molar-refractivity contribution >= 4 is 11.9 Å². The zero-order valence-corrected chi connectivity index (χ0v) is 15.8. The van der Waals surface area contributed by atoms with Crippen molar-refractivity contribution in [3.05, 3.63) is 47.0 Å². The Morgan fingerprint density at radius 3 is 2.68 bits per heavy atom. The summed E-state index contributed by atoms with van der Waals surface area (Å²) in [6.07, 6.45) is 0.380. The van der Waals surface area contributed by atoms with E-state index in [9.17, 15) is 14.0 Å². The van der Waals surface area contributed by atoms with Crippen molar-refractivity contribution in [2.75, 3.05) is 19.8 Å². The minimum Gasteiger partial charge on any atom is -0.481 e. The van der Waals surface area contributed by atoms with Crippen molar-refractivity contribution in [1.29, 1.82) is 0 Å². The van der Waals surface area contributed by atoms with Gasteiger partial charge >= 0.3 is 5.97 Å². The number of rotatable bonds is 4. The van der Waals surface area contributed by atoms with Crippen LogP contribution in [0.2, 0.25) is 0 Å². The van der Waals surface area contributed by atoms with E-state index >= 15 is 0 Å². The number of halogens is 1. The van der Waals surface area contributed by atoms with Crippen LogP contribution in [0, 0.1) is 31.5 Å². The number of carboxylic acids is 1. The number of para-hydroxylation sites is 1. The van der Waals surface area contributed by atoms with Gasteiger partial charge in [-0.1, -0.05) is 12.1 Å². The van der Waals surface area contributed by atoms with Crippen LogP contribution in [0.5, 0.6) is 0 Å². The molecular weight excluding hydrogens is 365 g/mol. The van der Waals surface area contributed by atoms with Crippen molar-refractivity contribution in [3.63, 3.8) is 0 Å². The number of aryl methyl sites for hydroxylation is 1. The Labute approximate surface area is 161 Å². The first-order chi connectivity index (χ1) is 13.4. The van der Waals surface area contributed by atoms with Gasteiger partial charge in [0, 0.05) is 17.8 Å². The summed E-state index contributed by atoms with van der Waals surface area (Å²) in [7, 11) is 0. The van der Waals surface area contributed by atoms with E-state index in [2.05, 4.69) is 5.10 Å². The summed E-state index contributed by atoms with van der Waals surface area (Å²) in [4.78, 5) is 25.8. The molecule has 1 saturated carbocycles. The van der Waals surface area contributed by atoms with E-state index in [1.807, 2.05) is 13.8 Å². The van der Waals surface area contributed by atoms with E-state index < -0.39 is 17.8 Å². The first-order valence-corrected chi connectivity index (χ1v) is 9.32. The van der Waals surface area contributed by atoms with Gasteiger partial charge in [-0.05, 0) is 32.4 Å². The molecule has 28 heavy (non-hydrogen) atoms. The second-order valence-corrected chi connectivity index (χ2v) is 7.36. The lowest BCUT2D eigenvalue weighted by Crippen LogP contribution is -2.44. The zero-order chi connectivity index (χ0) is 20.0. The molecule has 2 heterocycles. The van der Waals surface area contributed by atoms with Gasteiger partial charge in [0.25, 0.3) is 0 Å². The second-order valence-electron chi connectivity index (χ2n) is 7.36.